The van der Waals surface area contributed by atoms with E-state index in [-0.39, 0.29) is 17.2 Å². The summed E-state index contributed by atoms with van der Waals surface area (Å²) in [5.41, 5.74) is 2.46. The first kappa shape index (κ1) is 18.1. The third-order valence-corrected chi connectivity index (χ3v) is 3.81. The van der Waals surface area contributed by atoms with Gasteiger partial charge in [-0.3, -0.25) is 19.7 Å². The van der Waals surface area contributed by atoms with E-state index >= 15 is 0 Å². The van der Waals surface area contributed by atoms with Gasteiger partial charge in [0.2, 0.25) is 5.91 Å². The van der Waals surface area contributed by atoms with Crippen molar-refractivity contribution in [1.82, 2.24) is 0 Å². The lowest BCUT2D eigenvalue weighted by Gasteiger charge is -2.13. The van der Waals surface area contributed by atoms with E-state index in [1.807, 2.05) is 13.0 Å². The van der Waals surface area contributed by atoms with Crippen LogP contribution >= 0.6 is 0 Å². The predicted octanol–water partition coefficient (Wildman–Crippen LogP) is 3.68. The number of benzene rings is 2. The number of nitrogens with zero attached hydrogens (tertiary/aromatic N) is 1. The molecule has 25 heavy (non-hydrogen) atoms. The number of nitro groups is 1. The zero-order valence-corrected chi connectivity index (χ0v) is 14.3. The third kappa shape index (κ3) is 4.20. The first-order valence-electron chi connectivity index (χ1n) is 7.79. The van der Waals surface area contributed by atoms with Gasteiger partial charge in [0.25, 0.3) is 11.6 Å². The molecule has 130 valence electrons. The highest BCUT2D eigenvalue weighted by Crippen LogP contribution is 2.25. The highest BCUT2D eigenvalue weighted by molar-refractivity contribution is 6.06. The summed E-state index contributed by atoms with van der Waals surface area (Å²) in [6.07, 6.45) is 0.684. The van der Waals surface area contributed by atoms with Crippen LogP contribution < -0.4 is 10.6 Å². The van der Waals surface area contributed by atoms with Crippen molar-refractivity contribution in [3.05, 3.63) is 63.2 Å². The van der Waals surface area contributed by atoms with Crippen LogP contribution in [0, 0.1) is 17.0 Å². The third-order valence-electron chi connectivity index (χ3n) is 3.81. The number of aryl methyl sites for hydroxylation is 1. The molecular weight excluding hydrogens is 322 g/mol. The zero-order chi connectivity index (χ0) is 18.6. The van der Waals surface area contributed by atoms with Gasteiger partial charge < -0.3 is 10.6 Å². The van der Waals surface area contributed by atoms with Crippen molar-refractivity contribution >= 4 is 28.9 Å². The summed E-state index contributed by atoms with van der Waals surface area (Å²) >= 11 is 0. The second kappa shape index (κ2) is 7.57. The van der Waals surface area contributed by atoms with Crippen LogP contribution in [0.25, 0.3) is 0 Å². The standard InChI is InChI=1S/C18H19N3O4/c1-4-13-8-9-14(19-12(3)22)10-16(13)20-18(23)15-6-5-7-17(11(15)2)21(24)25/h5-10H,4H2,1-3H3,(H,19,22)(H,20,23). The van der Waals surface area contributed by atoms with Crippen LogP contribution in [0.3, 0.4) is 0 Å². The van der Waals surface area contributed by atoms with Gasteiger partial charge in [0.15, 0.2) is 0 Å². The van der Waals surface area contributed by atoms with Crippen LogP contribution in [-0.2, 0) is 11.2 Å². The molecule has 2 amide bonds. The molecule has 7 nitrogen and oxygen atoms in total. The summed E-state index contributed by atoms with van der Waals surface area (Å²) in [7, 11) is 0. The van der Waals surface area contributed by atoms with Crippen LogP contribution in [0.15, 0.2) is 36.4 Å². The maximum Gasteiger partial charge on any atom is 0.273 e. The lowest BCUT2D eigenvalue weighted by atomic mass is 10.0. The van der Waals surface area contributed by atoms with Crippen molar-refractivity contribution in [3.63, 3.8) is 0 Å². The Morgan fingerprint density at radius 3 is 2.48 bits per heavy atom. The molecule has 0 radical (unpaired) electrons. The van der Waals surface area contributed by atoms with Crippen LogP contribution in [0.5, 0.6) is 0 Å². The van der Waals surface area contributed by atoms with E-state index in [0.29, 0.717) is 23.4 Å². The molecule has 0 aliphatic rings. The molecule has 0 unspecified atom stereocenters. The van der Waals surface area contributed by atoms with Gasteiger partial charge in [-0.25, -0.2) is 0 Å². The number of carbonyl (C=O) groups excluding carboxylic acids is 2. The van der Waals surface area contributed by atoms with Crippen molar-refractivity contribution in [2.75, 3.05) is 10.6 Å². The Balaban J connectivity index is 2.36. The smallest absolute Gasteiger partial charge is 0.273 e. The molecule has 0 heterocycles. The number of nitrogens with one attached hydrogen (secondary N) is 2. The molecule has 0 spiro atoms. The number of rotatable bonds is 5. The summed E-state index contributed by atoms with van der Waals surface area (Å²) < 4.78 is 0. The Kier molecular flexibility index (Phi) is 5.49. The SMILES string of the molecule is CCc1ccc(NC(C)=O)cc1NC(=O)c1cccc([N+](=O)[O-])c1C. The Labute approximate surface area is 145 Å². The molecule has 0 aliphatic heterocycles. The maximum absolute atomic E-state index is 12.6. The lowest BCUT2D eigenvalue weighted by Crippen LogP contribution is -2.16. The second-order valence-corrected chi connectivity index (χ2v) is 5.57. The number of hydrogen-bond acceptors (Lipinski definition) is 4. The number of nitro benzene ring substituents is 1. The molecule has 2 N–H and O–H groups in total. The van der Waals surface area contributed by atoms with Crippen molar-refractivity contribution in [2.45, 2.75) is 27.2 Å². The van der Waals surface area contributed by atoms with E-state index in [9.17, 15) is 19.7 Å². The van der Waals surface area contributed by atoms with Gasteiger partial charge in [-0.05, 0) is 37.1 Å². The van der Waals surface area contributed by atoms with Gasteiger partial charge in [0.1, 0.15) is 0 Å². The molecule has 0 atom stereocenters. The first-order chi connectivity index (χ1) is 11.8. The fourth-order valence-electron chi connectivity index (χ4n) is 2.54. The molecule has 0 saturated carbocycles. The molecule has 0 fully saturated rings. The van der Waals surface area contributed by atoms with E-state index < -0.39 is 10.8 Å². The number of anilines is 2. The highest BCUT2D eigenvalue weighted by Gasteiger charge is 2.18. The Morgan fingerprint density at radius 2 is 1.88 bits per heavy atom. The minimum absolute atomic E-state index is 0.102. The Morgan fingerprint density at radius 1 is 1.16 bits per heavy atom. The van der Waals surface area contributed by atoms with Gasteiger partial charge in [0, 0.05) is 35.5 Å². The van der Waals surface area contributed by atoms with Crippen molar-refractivity contribution in [3.8, 4) is 0 Å². The minimum atomic E-state index is -0.513. The first-order valence-corrected chi connectivity index (χ1v) is 7.79. The predicted molar refractivity (Wildman–Crippen MR) is 95.9 cm³/mol. The molecule has 2 aromatic carbocycles. The van der Waals surface area contributed by atoms with Crippen molar-refractivity contribution in [1.29, 1.82) is 0 Å². The molecular formula is C18H19N3O4. The van der Waals surface area contributed by atoms with E-state index in [2.05, 4.69) is 10.6 Å². The van der Waals surface area contributed by atoms with E-state index in [1.165, 1.54) is 19.1 Å². The largest absolute Gasteiger partial charge is 0.326 e. The normalized spacial score (nSPS) is 10.2. The molecule has 7 heteroatoms. The summed E-state index contributed by atoms with van der Waals surface area (Å²) in [5, 5.41) is 16.5. The topological polar surface area (TPSA) is 101 Å². The molecule has 0 bridgehead atoms. The maximum atomic E-state index is 12.6. The van der Waals surface area contributed by atoms with Crippen molar-refractivity contribution < 1.29 is 14.5 Å². The van der Waals surface area contributed by atoms with Gasteiger partial charge in [-0.2, -0.15) is 0 Å². The van der Waals surface area contributed by atoms with Gasteiger partial charge >= 0.3 is 0 Å². The minimum Gasteiger partial charge on any atom is -0.326 e. The average molecular weight is 341 g/mol. The van der Waals surface area contributed by atoms with Crippen LogP contribution in [0.4, 0.5) is 17.1 Å². The van der Waals surface area contributed by atoms with Gasteiger partial charge in [-0.1, -0.05) is 19.1 Å². The molecule has 2 aromatic rings. The summed E-state index contributed by atoms with van der Waals surface area (Å²) in [6.45, 7) is 4.89. The van der Waals surface area contributed by atoms with Gasteiger partial charge in [0.05, 0.1) is 4.92 Å². The van der Waals surface area contributed by atoms with E-state index in [1.54, 1.807) is 25.1 Å². The molecule has 0 aliphatic carbocycles. The van der Waals surface area contributed by atoms with E-state index in [4.69, 9.17) is 0 Å². The number of carbonyl (C=O) groups is 2. The van der Waals surface area contributed by atoms with Crippen LogP contribution in [0.1, 0.15) is 35.3 Å². The number of amides is 2. The molecule has 0 aromatic heterocycles. The fraction of sp³-hybridized carbons (Fsp3) is 0.222. The van der Waals surface area contributed by atoms with E-state index in [0.717, 1.165) is 5.56 Å². The number of hydrogen-bond donors (Lipinski definition) is 2. The molecule has 0 saturated heterocycles. The zero-order valence-electron chi connectivity index (χ0n) is 14.3. The summed E-state index contributed by atoms with van der Waals surface area (Å²) in [6, 6.07) is 9.64. The van der Waals surface area contributed by atoms with Crippen molar-refractivity contribution in [2.24, 2.45) is 0 Å². The summed E-state index contributed by atoms with van der Waals surface area (Å²) in [5.74, 6) is -0.646. The molecule has 2 rings (SSSR count). The summed E-state index contributed by atoms with van der Waals surface area (Å²) in [4.78, 5) is 34.3. The van der Waals surface area contributed by atoms with Crippen LogP contribution in [-0.4, -0.2) is 16.7 Å². The quantitative estimate of drug-likeness (QED) is 0.640. The average Bonchev–Trinajstić information content (AvgIpc) is 2.54. The highest BCUT2D eigenvalue weighted by atomic mass is 16.6. The second-order valence-electron chi connectivity index (χ2n) is 5.57. The monoisotopic (exact) mass is 341 g/mol. The Hall–Kier alpha value is -3.22. The fourth-order valence-corrected chi connectivity index (χ4v) is 2.54. The Bertz CT molecular complexity index is 846. The van der Waals surface area contributed by atoms with Gasteiger partial charge in [-0.15, -0.1) is 0 Å². The van der Waals surface area contributed by atoms with Crippen LogP contribution in [0.2, 0.25) is 0 Å². The lowest BCUT2D eigenvalue weighted by molar-refractivity contribution is -0.385.